The van der Waals surface area contributed by atoms with Gasteiger partial charge in [0, 0.05) is 22.2 Å². The first-order chi connectivity index (χ1) is 17.3. The SMILES string of the molecule is COc1cc([C@@H]2[C@H](C)N[C@@]3(C(=O)Nc4ccccc43)[C@@H]2[N+](=O)[O-])cc(Br)c1OCc1cccc(F)c1. The van der Waals surface area contributed by atoms with E-state index in [0.29, 0.717) is 38.3 Å². The normalized spacial score (nSPS) is 24.4. The summed E-state index contributed by atoms with van der Waals surface area (Å²) in [6, 6.07) is 14.9. The highest BCUT2D eigenvalue weighted by Crippen LogP contribution is 2.51. The van der Waals surface area contributed by atoms with Gasteiger partial charge in [0.05, 0.1) is 17.5 Å². The lowest BCUT2D eigenvalue weighted by Crippen LogP contribution is -2.54. The molecule has 10 heteroatoms. The average molecular weight is 556 g/mol. The molecule has 3 aromatic carbocycles. The van der Waals surface area contributed by atoms with E-state index in [2.05, 4.69) is 26.6 Å². The molecule has 0 saturated carbocycles. The Kier molecular flexibility index (Phi) is 6.17. The molecule has 1 spiro atoms. The van der Waals surface area contributed by atoms with Crippen molar-refractivity contribution in [2.45, 2.75) is 37.1 Å². The van der Waals surface area contributed by atoms with Crippen molar-refractivity contribution >= 4 is 27.5 Å². The zero-order chi connectivity index (χ0) is 25.6. The van der Waals surface area contributed by atoms with Gasteiger partial charge in [-0.25, -0.2) is 4.39 Å². The molecule has 0 aliphatic carbocycles. The summed E-state index contributed by atoms with van der Waals surface area (Å²) in [5.74, 6) is -0.708. The first-order valence-electron chi connectivity index (χ1n) is 11.3. The highest BCUT2D eigenvalue weighted by molar-refractivity contribution is 9.10. The second-order valence-electron chi connectivity index (χ2n) is 8.95. The van der Waals surface area contributed by atoms with Crippen LogP contribution in [0.1, 0.15) is 29.5 Å². The molecule has 1 amide bonds. The zero-order valence-electron chi connectivity index (χ0n) is 19.5. The van der Waals surface area contributed by atoms with Crippen LogP contribution in [0.3, 0.4) is 0 Å². The Hall–Kier alpha value is -3.50. The average Bonchev–Trinajstić information content (AvgIpc) is 3.31. The van der Waals surface area contributed by atoms with E-state index in [9.17, 15) is 19.3 Å². The third-order valence-corrected chi connectivity index (χ3v) is 7.46. The fraction of sp³-hybridized carbons (Fsp3) is 0.269. The standard InChI is InChI=1S/C26H23BrFN3O5/c1-14-22(24(31(33)34)26(30-14)18-8-3-4-9-20(18)29-25(26)32)16-11-19(27)23(21(12-16)35-2)36-13-15-6-5-7-17(28)10-15/h3-12,14,22,24,30H,13H2,1-2H3,(H,29,32)/t14-,22-,24+,26+/m0/s1. The molecule has 0 aromatic heterocycles. The van der Waals surface area contributed by atoms with Crippen LogP contribution in [0, 0.1) is 15.9 Å². The number of ether oxygens (including phenoxy) is 2. The number of para-hydroxylation sites is 1. The number of carbonyl (C=O) groups excluding carboxylic acids is 1. The van der Waals surface area contributed by atoms with Crippen LogP contribution >= 0.6 is 15.9 Å². The Balaban J connectivity index is 1.53. The number of rotatable bonds is 6. The molecular formula is C26H23BrFN3O5. The largest absolute Gasteiger partial charge is 0.493 e. The first-order valence-corrected chi connectivity index (χ1v) is 12.1. The second-order valence-corrected chi connectivity index (χ2v) is 9.80. The number of nitro groups is 1. The molecule has 2 aliphatic rings. The Labute approximate surface area is 215 Å². The maximum absolute atomic E-state index is 13.5. The maximum Gasteiger partial charge on any atom is 0.256 e. The summed E-state index contributed by atoms with van der Waals surface area (Å²) in [6.45, 7) is 1.93. The van der Waals surface area contributed by atoms with Gasteiger partial charge in [0.2, 0.25) is 0 Å². The number of fused-ring (bicyclic) bond motifs is 2. The zero-order valence-corrected chi connectivity index (χ0v) is 21.0. The van der Waals surface area contributed by atoms with Gasteiger partial charge >= 0.3 is 0 Å². The summed E-state index contributed by atoms with van der Waals surface area (Å²) in [5.41, 5.74) is 0.883. The van der Waals surface area contributed by atoms with Crippen molar-refractivity contribution in [1.29, 1.82) is 0 Å². The van der Waals surface area contributed by atoms with Gasteiger partial charge in [-0.15, -0.1) is 0 Å². The number of anilines is 1. The third kappa shape index (κ3) is 3.81. The molecule has 0 bridgehead atoms. The number of nitrogens with zero attached hydrogens (tertiary/aromatic N) is 1. The molecule has 5 rings (SSSR count). The number of benzene rings is 3. The molecule has 4 atom stereocenters. The minimum Gasteiger partial charge on any atom is -0.493 e. The quantitative estimate of drug-likeness (QED) is 0.336. The highest BCUT2D eigenvalue weighted by atomic mass is 79.9. The van der Waals surface area contributed by atoms with Gasteiger partial charge in [-0.2, -0.15) is 0 Å². The lowest BCUT2D eigenvalue weighted by Gasteiger charge is -2.25. The lowest BCUT2D eigenvalue weighted by molar-refractivity contribution is -0.532. The van der Waals surface area contributed by atoms with Crippen LogP contribution in [0.15, 0.2) is 65.1 Å². The van der Waals surface area contributed by atoms with Crippen molar-refractivity contribution in [3.8, 4) is 11.5 Å². The molecule has 2 heterocycles. The number of carbonyl (C=O) groups is 1. The van der Waals surface area contributed by atoms with Crippen molar-refractivity contribution in [2.75, 3.05) is 12.4 Å². The monoisotopic (exact) mass is 555 g/mol. The number of amides is 1. The van der Waals surface area contributed by atoms with Crippen molar-refractivity contribution < 1.29 is 23.6 Å². The molecule has 2 aliphatic heterocycles. The Morgan fingerprint density at radius 2 is 1.94 bits per heavy atom. The number of hydrogen-bond donors (Lipinski definition) is 2. The number of halogens is 2. The molecular weight excluding hydrogens is 533 g/mol. The molecule has 0 unspecified atom stereocenters. The summed E-state index contributed by atoms with van der Waals surface area (Å²) in [5, 5.41) is 18.6. The topological polar surface area (TPSA) is 103 Å². The number of nitrogens with one attached hydrogen (secondary N) is 2. The van der Waals surface area contributed by atoms with Crippen molar-refractivity contribution in [3.05, 3.63) is 97.8 Å². The van der Waals surface area contributed by atoms with Crippen molar-refractivity contribution in [1.82, 2.24) is 5.32 Å². The summed E-state index contributed by atoms with van der Waals surface area (Å²) < 4.78 is 25.6. The van der Waals surface area contributed by atoms with E-state index in [0.717, 1.165) is 0 Å². The molecule has 0 radical (unpaired) electrons. The molecule has 8 nitrogen and oxygen atoms in total. The van der Waals surface area contributed by atoms with Gasteiger partial charge in [0.1, 0.15) is 12.4 Å². The van der Waals surface area contributed by atoms with E-state index in [1.54, 1.807) is 48.5 Å². The molecule has 1 fully saturated rings. The predicted octanol–water partition coefficient (Wildman–Crippen LogP) is 4.74. The minimum atomic E-state index is -1.50. The second kappa shape index (κ2) is 9.18. The Bertz CT molecular complexity index is 1370. The van der Waals surface area contributed by atoms with E-state index >= 15 is 0 Å². The summed E-state index contributed by atoms with van der Waals surface area (Å²) in [4.78, 5) is 25.4. The van der Waals surface area contributed by atoms with E-state index in [1.807, 2.05) is 6.92 Å². The lowest BCUT2D eigenvalue weighted by atomic mass is 9.78. The van der Waals surface area contributed by atoms with Crippen LogP contribution in [0.5, 0.6) is 11.5 Å². The maximum atomic E-state index is 13.5. The van der Waals surface area contributed by atoms with Crippen LogP contribution in [0.4, 0.5) is 10.1 Å². The van der Waals surface area contributed by atoms with Gasteiger partial charge in [-0.1, -0.05) is 30.3 Å². The summed E-state index contributed by atoms with van der Waals surface area (Å²) in [7, 11) is 1.48. The van der Waals surface area contributed by atoms with Crippen LogP contribution in [-0.4, -0.2) is 30.0 Å². The minimum absolute atomic E-state index is 0.102. The van der Waals surface area contributed by atoms with Gasteiger partial charge in [-0.05, 0) is 64.3 Å². The number of methoxy groups -OCH3 is 1. The van der Waals surface area contributed by atoms with Crippen LogP contribution in [-0.2, 0) is 16.9 Å². The van der Waals surface area contributed by atoms with E-state index in [-0.39, 0.29) is 17.3 Å². The summed E-state index contributed by atoms with van der Waals surface area (Å²) in [6.07, 6.45) is 0. The van der Waals surface area contributed by atoms with Crippen LogP contribution < -0.4 is 20.1 Å². The Morgan fingerprint density at radius 1 is 1.17 bits per heavy atom. The molecule has 1 saturated heterocycles. The summed E-state index contributed by atoms with van der Waals surface area (Å²) >= 11 is 3.51. The molecule has 2 N–H and O–H groups in total. The van der Waals surface area contributed by atoms with Gasteiger partial charge < -0.3 is 14.8 Å². The van der Waals surface area contributed by atoms with Crippen LogP contribution in [0.25, 0.3) is 0 Å². The van der Waals surface area contributed by atoms with E-state index in [1.165, 1.54) is 19.2 Å². The van der Waals surface area contributed by atoms with Crippen molar-refractivity contribution in [3.63, 3.8) is 0 Å². The fourth-order valence-electron chi connectivity index (χ4n) is 5.41. The predicted molar refractivity (Wildman–Crippen MR) is 134 cm³/mol. The smallest absolute Gasteiger partial charge is 0.256 e. The van der Waals surface area contributed by atoms with Crippen molar-refractivity contribution in [2.24, 2.45) is 0 Å². The van der Waals surface area contributed by atoms with Crippen LogP contribution in [0.2, 0.25) is 0 Å². The fourth-order valence-corrected chi connectivity index (χ4v) is 5.98. The molecule has 186 valence electrons. The third-order valence-electron chi connectivity index (χ3n) is 6.87. The van der Waals surface area contributed by atoms with E-state index < -0.39 is 29.4 Å². The molecule has 3 aromatic rings. The number of hydrogen-bond acceptors (Lipinski definition) is 6. The van der Waals surface area contributed by atoms with E-state index in [4.69, 9.17) is 9.47 Å². The van der Waals surface area contributed by atoms with Gasteiger partial charge in [-0.3, -0.25) is 20.2 Å². The highest BCUT2D eigenvalue weighted by Gasteiger charge is 2.67. The molecule has 36 heavy (non-hydrogen) atoms. The Morgan fingerprint density at radius 3 is 2.67 bits per heavy atom. The van der Waals surface area contributed by atoms with Gasteiger partial charge in [0.15, 0.2) is 17.0 Å². The first kappa shape index (κ1) is 24.2. The van der Waals surface area contributed by atoms with Gasteiger partial charge in [0.25, 0.3) is 11.9 Å².